The molecule has 1 fully saturated rings. The largest absolute Gasteiger partial charge is 0.392 e. The average Bonchev–Trinajstić information content (AvgIpc) is 3.15. The van der Waals surface area contributed by atoms with Gasteiger partial charge in [-0.25, -0.2) is 4.99 Å². The normalized spacial score (nSPS) is 18.5. The van der Waals surface area contributed by atoms with E-state index in [1.54, 1.807) is 6.20 Å². The third-order valence-electron chi connectivity index (χ3n) is 6.62. The minimum atomic E-state index is 0.396. The van der Waals surface area contributed by atoms with Crippen molar-refractivity contribution in [3.8, 4) is 0 Å². The zero-order valence-electron chi connectivity index (χ0n) is 19.1. The van der Waals surface area contributed by atoms with Crippen molar-refractivity contribution in [1.82, 2.24) is 9.88 Å². The molecule has 1 aliphatic heterocycles. The number of nitrogens with two attached hydrogens (primary N) is 2. The number of benzene rings is 1. The third-order valence-corrected chi connectivity index (χ3v) is 7.54. The van der Waals surface area contributed by atoms with E-state index in [0.717, 1.165) is 48.5 Å². The molecule has 0 saturated carbocycles. The molecule has 2 aliphatic rings. The molecular weight excluding hydrogens is 414 g/mol. The van der Waals surface area contributed by atoms with Gasteiger partial charge in [-0.2, -0.15) is 0 Å². The van der Waals surface area contributed by atoms with E-state index in [2.05, 4.69) is 58.2 Å². The lowest BCUT2D eigenvalue weighted by atomic mass is 9.76. The minimum Gasteiger partial charge on any atom is -0.392 e. The van der Waals surface area contributed by atoms with Gasteiger partial charge in [0.05, 0.1) is 11.2 Å². The second-order valence-corrected chi connectivity index (χ2v) is 9.96. The summed E-state index contributed by atoms with van der Waals surface area (Å²) in [7, 11) is 0. The van der Waals surface area contributed by atoms with Gasteiger partial charge >= 0.3 is 0 Å². The van der Waals surface area contributed by atoms with Crippen LogP contribution in [0.5, 0.6) is 0 Å². The molecule has 4 N–H and O–H groups in total. The number of hydrogen-bond donors (Lipinski definition) is 2. The lowest BCUT2D eigenvalue weighted by Gasteiger charge is -2.39. The first kappa shape index (κ1) is 22.5. The zero-order valence-corrected chi connectivity index (χ0v) is 19.9. The molecule has 168 valence electrons. The van der Waals surface area contributed by atoms with E-state index in [9.17, 15) is 0 Å². The van der Waals surface area contributed by atoms with Crippen LogP contribution in [0, 0.1) is 12.3 Å². The Morgan fingerprint density at radius 3 is 2.50 bits per heavy atom. The summed E-state index contributed by atoms with van der Waals surface area (Å²) in [5.41, 5.74) is 18.1. The minimum absolute atomic E-state index is 0.396. The van der Waals surface area contributed by atoms with Gasteiger partial charge in [-0.15, -0.1) is 0 Å². The molecule has 2 aromatic rings. The van der Waals surface area contributed by atoms with Gasteiger partial charge in [-0.05, 0) is 61.6 Å². The van der Waals surface area contributed by atoms with Crippen LogP contribution in [-0.2, 0) is 12.8 Å². The summed E-state index contributed by atoms with van der Waals surface area (Å²) < 4.78 is 0. The Morgan fingerprint density at radius 2 is 1.84 bits per heavy atom. The summed E-state index contributed by atoms with van der Waals surface area (Å²) in [4.78, 5) is 12.2. The Hall–Kier alpha value is -2.73. The van der Waals surface area contributed by atoms with Crippen molar-refractivity contribution in [2.75, 3.05) is 13.1 Å². The van der Waals surface area contributed by atoms with Crippen LogP contribution in [0.3, 0.4) is 0 Å². The van der Waals surface area contributed by atoms with E-state index in [-0.39, 0.29) is 0 Å². The first-order valence-electron chi connectivity index (χ1n) is 11.4. The molecule has 1 saturated heterocycles. The summed E-state index contributed by atoms with van der Waals surface area (Å²) in [6, 6.07) is 10.9. The number of aromatic nitrogens is 1. The molecule has 32 heavy (non-hydrogen) atoms. The smallest absolute Gasteiger partial charge is 0.195 e. The Bertz CT molecular complexity index is 1020. The maximum atomic E-state index is 6.33. The Balaban J connectivity index is 1.37. The van der Waals surface area contributed by atoms with Crippen molar-refractivity contribution in [3.05, 3.63) is 76.2 Å². The highest BCUT2D eigenvalue weighted by molar-refractivity contribution is 8.03. The molecule has 2 heterocycles. The zero-order chi connectivity index (χ0) is 22.6. The first-order valence-corrected chi connectivity index (χ1v) is 12.2. The number of allylic oxidation sites excluding steroid dienone is 1. The van der Waals surface area contributed by atoms with Crippen molar-refractivity contribution < 1.29 is 0 Å². The van der Waals surface area contributed by atoms with E-state index >= 15 is 0 Å². The topological polar surface area (TPSA) is 80.5 Å². The molecule has 1 aliphatic carbocycles. The Morgan fingerprint density at radius 1 is 1.16 bits per heavy atom. The summed E-state index contributed by atoms with van der Waals surface area (Å²) >= 11 is 1.50. The van der Waals surface area contributed by atoms with Crippen LogP contribution < -0.4 is 11.5 Å². The Kier molecular flexibility index (Phi) is 6.89. The van der Waals surface area contributed by atoms with Gasteiger partial charge in [0.15, 0.2) is 5.96 Å². The molecule has 0 radical (unpaired) electrons. The molecule has 1 spiro atoms. The van der Waals surface area contributed by atoms with Gasteiger partial charge < -0.3 is 16.4 Å². The monoisotopic (exact) mass is 447 g/mol. The van der Waals surface area contributed by atoms with Crippen molar-refractivity contribution in [2.45, 2.75) is 50.8 Å². The maximum absolute atomic E-state index is 6.33. The molecular formula is C26H33N5S. The molecule has 0 amide bonds. The van der Waals surface area contributed by atoms with Crippen LogP contribution in [-0.4, -0.2) is 28.9 Å². The van der Waals surface area contributed by atoms with Gasteiger partial charge in [0, 0.05) is 35.4 Å². The molecule has 0 atom stereocenters. The van der Waals surface area contributed by atoms with Crippen molar-refractivity contribution in [2.24, 2.45) is 21.9 Å². The highest BCUT2D eigenvalue weighted by atomic mass is 32.2. The van der Waals surface area contributed by atoms with Crippen LogP contribution in [0.25, 0.3) is 6.08 Å². The predicted molar refractivity (Wildman–Crippen MR) is 135 cm³/mol. The highest BCUT2D eigenvalue weighted by Crippen LogP contribution is 2.44. The van der Waals surface area contributed by atoms with Crippen LogP contribution in [0.4, 0.5) is 0 Å². The van der Waals surface area contributed by atoms with E-state index in [1.165, 1.54) is 35.7 Å². The number of fused-ring (bicyclic) bond motifs is 1. The van der Waals surface area contributed by atoms with E-state index in [1.807, 2.05) is 19.2 Å². The maximum Gasteiger partial charge on any atom is 0.195 e. The van der Waals surface area contributed by atoms with Crippen LogP contribution in [0.1, 0.15) is 48.6 Å². The number of piperidine rings is 1. The molecule has 0 bridgehead atoms. The second-order valence-electron chi connectivity index (χ2n) is 8.85. The fourth-order valence-electron chi connectivity index (χ4n) is 4.78. The number of hydrogen-bond acceptors (Lipinski definition) is 4. The molecule has 6 heteroatoms. The number of thioether (sulfide) groups is 1. The lowest BCUT2D eigenvalue weighted by Crippen LogP contribution is -2.46. The first-order chi connectivity index (χ1) is 15.5. The van der Waals surface area contributed by atoms with E-state index in [4.69, 9.17) is 11.5 Å². The Labute approximate surface area is 195 Å². The molecule has 1 aromatic carbocycles. The summed E-state index contributed by atoms with van der Waals surface area (Å²) in [5, 5.41) is 0.615. The number of pyridine rings is 1. The lowest BCUT2D eigenvalue weighted by molar-refractivity contribution is 0.157. The fourth-order valence-corrected chi connectivity index (χ4v) is 5.60. The number of aryl methyl sites for hydroxylation is 1. The number of likely N-dealkylation sites (tertiary alicyclic amines) is 1. The quantitative estimate of drug-likeness (QED) is 0.389. The number of guanidine groups is 1. The average molecular weight is 448 g/mol. The third kappa shape index (κ3) is 5.01. The van der Waals surface area contributed by atoms with Crippen molar-refractivity contribution >= 4 is 23.8 Å². The summed E-state index contributed by atoms with van der Waals surface area (Å²) in [6.45, 7) is 6.02. The van der Waals surface area contributed by atoms with Crippen LogP contribution in [0.2, 0.25) is 0 Å². The molecule has 4 rings (SSSR count). The summed E-state index contributed by atoms with van der Waals surface area (Å²) in [6.07, 6.45) is 13.4. The number of nitrogens with zero attached hydrogens (tertiary/aromatic N) is 3. The molecule has 1 aromatic heterocycles. The molecule has 0 unspecified atom stereocenters. The van der Waals surface area contributed by atoms with Gasteiger partial charge in [0.25, 0.3) is 0 Å². The summed E-state index contributed by atoms with van der Waals surface area (Å²) in [5.74, 6) is 0.552. The van der Waals surface area contributed by atoms with Gasteiger partial charge in [0.1, 0.15) is 0 Å². The fraction of sp³-hybridized carbons (Fsp3) is 0.385. The van der Waals surface area contributed by atoms with Crippen LogP contribution >= 0.6 is 11.8 Å². The van der Waals surface area contributed by atoms with Crippen LogP contribution in [0.15, 0.2) is 63.7 Å². The standard InChI is InChI=1S/C26H33N5S/c1-3-4-9-22-19(2)29-13-10-23(22)32-24(27)18-30-25(28)31-14-11-26(12-15-31)16-20-7-5-6-8-21(20)17-26/h4-10,13,18H,3,11-12,14-17,27H2,1-2H3,(H2,28,30)/b9-4-,24-18+. The SMILES string of the molecule is CC/C=C\c1c(S/C(N)=C/N=C(N)N2CCC3(CC2)Cc2ccccc2C3)ccnc1C. The van der Waals surface area contributed by atoms with Gasteiger partial charge in [-0.1, -0.05) is 55.1 Å². The van der Waals surface area contributed by atoms with Gasteiger partial charge in [0.2, 0.25) is 0 Å². The molecule has 5 nitrogen and oxygen atoms in total. The van der Waals surface area contributed by atoms with Gasteiger partial charge in [-0.3, -0.25) is 4.98 Å². The number of rotatable bonds is 5. The van der Waals surface area contributed by atoms with E-state index in [0.29, 0.717) is 16.4 Å². The second kappa shape index (κ2) is 9.82. The van der Waals surface area contributed by atoms with E-state index < -0.39 is 0 Å². The predicted octanol–water partition coefficient (Wildman–Crippen LogP) is 4.86. The van der Waals surface area contributed by atoms with Crippen molar-refractivity contribution in [3.63, 3.8) is 0 Å². The number of aliphatic imine (C=N–C) groups is 1. The highest BCUT2D eigenvalue weighted by Gasteiger charge is 2.39. The van der Waals surface area contributed by atoms with Crippen molar-refractivity contribution in [1.29, 1.82) is 0 Å².